The number of halogens is 1. The molecule has 18 heavy (non-hydrogen) atoms. The van der Waals surface area contributed by atoms with Crippen LogP contribution in [0.4, 0.5) is 0 Å². The molecule has 0 aliphatic rings. The fourth-order valence-electron chi connectivity index (χ4n) is 1.28. The van der Waals surface area contributed by atoms with Gasteiger partial charge in [-0.3, -0.25) is 9.59 Å². The monoisotopic (exact) mass is 266 g/mol. The summed E-state index contributed by atoms with van der Waals surface area (Å²) < 4.78 is 0. The maximum absolute atomic E-state index is 11.5. The van der Waals surface area contributed by atoms with E-state index in [2.05, 4.69) is 17.2 Å². The van der Waals surface area contributed by atoms with Crippen molar-refractivity contribution >= 4 is 23.4 Å². The molecule has 0 fully saturated rings. The second-order valence-corrected chi connectivity index (χ2v) is 4.11. The maximum atomic E-state index is 11.5. The molecule has 1 aromatic rings. The number of carbonyl (C=O) groups is 2. The van der Waals surface area contributed by atoms with Gasteiger partial charge in [0.2, 0.25) is 11.8 Å². The molecule has 0 spiro atoms. The average Bonchev–Trinajstić information content (AvgIpc) is 2.36. The minimum absolute atomic E-state index is 0.0275. The Morgan fingerprint density at radius 1 is 1.17 bits per heavy atom. The van der Waals surface area contributed by atoms with Gasteiger partial charge in [0, 0.05) is 11.6 Å². The van der Waals surface area contributed by atoms with Crippen LogP contribution in [0.1, 0.15) is 5.56 Å². The molecule has 0 saturated heterocycles. The molecule has 2 N–H and O–H groups in total. The zero-order valence-corrected chi connectivity index (χ0v) is 10.7. The molecule has 0 radical (unpaired) electrons. The largest absolute Gasteiger partial charge is 0.351 e. The first-order valence-corrected chi connectivity index (χ1v) is 5.88. The van der Waals surface area contributed by atoms with E-state index in [-0.39, 0.29) is 24.8 Å². The Kier molecular flexibility index (Phi) is 5.94. The van der Waals surface area contributed by atoms with Crippen molar-refractivity contribution in [3.05, 3.63) is 47.5 Å². The van der Waals surface area contributed by atoms with E-state index in [1.54, 1.807) is 30.3 Å². The third kappa shape index (κ3) is 5.50. The highest BCUT2D eigenvalue weighted by Crippen LogP contribution is 2.09. The lowest BCUT2D eigenvalue weighted by molar-refractivity contribution is -0.125. The van der Waals surface area contributed by atoms with E-state index in [0.717, 1.165) is 5.56 Å². The van der Waals surface area contributed by atoms with Crippen molar-refractivity contribution in [2.24, 2.45) is 0 Å². The van der Waals surface area contributed by atoms with Gasteiger partial charge in [-0.25, -0.2) is 0 Å². The van der Waals surface area contributed by atoms with Gasteiger partial charge in [-0.15, -0.1) is 6.58 Å². The summed E-state index contributed by atoms with van der Waals surface area (Å²) in [5.41, 5.74) is 0.850. The lowest BCUT2D eigenvalue weighted by atomic mass is 10.1. The van der Waals surface area contributed by atoms with E-state index >= 15 is 0 Å². The van der Waals surface area contributed by atoms with E-state index in [9.17, 15) is 9.59 Å². The van der Waals surface area contributed by atoms with Crippen LogP contribution >= 0.6 is 11.6 Å². The van der Waals surface area contributed by atoms with Crippen LogP contribution in [0.2, 0.25) is 5.02 Å². The first-order valence-electron chi connectivity index (χ1n) is 5.50. The van der Waals surface area contributed by atoms with Crippen LogP contribution in [0.3, 0.4) is 0 Å². The summed E-state index contributed by atoms with van der Waals surface area (Å²) >= 11 is 5.74. The fraction of sp³-hybridized carbons (Fsp3) is 0.231. The Balaban J connectivity index is 2.31. The zero-order valence-electron chi connectivity index (χ0n) is 9.91. The number of hydrogen-bond acceptors (Lipinski definition) is 2. The highest BCUT2D eigenvalue weighted by molar-refractivity contribution is 6.30. The molecule has 0 atom stereocenters. The van der Waals surface area contributed by atoms with Gasteiger partial charge in [-0.2, -0.15) is 0 Å². The quantitative estimate of drug-likeness (QED) is 0.763. The third-order valence-electron chi connectivity index (χ3n) is 2.17. The van der Waals surface area contributed by atoms with Crippen LogP contribution < -0.4 is 10.6 Å². The Morgan fingerprint density at radius 2 is 1.83 bits per heavy atom. The van der Waals surface area contributed by atoms with Crippen molar-refractivity contribution in [1.29, 1.82) is 0 Å². The summed E-state index contributed by atoms with van der Waals surface area (Å²) in [5, 5.41) is 5.73. The molecular formula is C13H15ClN2O2. The predicted octanol–water partition coefficient (Wildman–Crippen LogP) is 1.30. The van der Waals surface area contributed by atoms with Crippen molar-refractivity contribution in [2.75, 3.05) is 13.1 Å². The Bertz CT molecular complexity index is 429. The predicted molar refractivity (Wildman–Crippen MR) is 71.4 cm³/mol. The Labute approximate surface area is 111 Å². The van der Waals surface area contributed by atoms with Crippen LogP contribution in [-0.4, -0.2) is 24.9 Å². The van der Waals surface area contributed by atoms with Gasteiger partial charge in [0.25, 0.3) is 0 Å². The van der Waals surface area contributed by atoms with Gasteiger partial charge < -0.3 is 10.6 Å². The molecule has 4 nitrogen and oxygen atoms in total. The number of hydrogen-bond donors (Lipinski definition) is 2. The van der Waals surface area contributed by atoms with Crippen molar-refractivity contribution < 1.29 is 9.59 Å². The summed E-state index contributed by atoms with van der Waals surface area (Å²) in [4.78, 5) is 22.7. The fourth-order valence-corrected chi connectivity index (χ4v) is 1.40. The normalized spacial score (nSPS) is 9.61. The Hall–Kier alpha value is -1.81. The lowest BCUT2D eigenvalue weighted by Gasteiger charge is -2.05. The second-order valence-electron chi connectivity index (χ2n) is 3.67. The van der Waals surface area contributed by atoms with Gasteiger partial charge in [-0.05, 0) is 17.7 Å². The number of amides is 2. The van der Waals surface area contributed by atoms with E-state index in [1.807, 2.05) is 0 Å². The van der Waals surface area contributed by atoms with Crippen LogP contribution in [0.15, 0.2) is 36.9 Å². The Morgan fingerprint density at radius 3 is 2.44 bits per heavy atom. The number of rotatable bonds is 6. The van der Waals surface area contributed by atoms with Crippen LogP contribution in [0, 0.1) is 0 Å². The highest BCUT2D eigenvalue weighted by atomic mass is 35.5. The summed E-state index contributed by atoms with van der Waals surface area (Å²) in [5.74, 6) is -0.439. The van der Waals surface area contributed by atoms with Gasteiger partial charge >= 0.3 is 0 Å². The summed E-state index contributed by atoms with van der Waals surface area (Å²) in [7, 11) is 0. The van der Waals surface area contributed by atoms with Crippen molar-refractivity contribution in [3.8, 4) is 0 Å². The molecule has 1 rings (SSSR count). The minimum atomic E-state index is -0.237. The van der Waals surface area contributed by atoms with Gasteiger partial charge in [0.1, 0.15) is 0 Å². The molecule has 0 aromatic heterocycles. The van der Waals surface area contributed by atoms with Crippen molar-refractivity contribution in [2.45, 2.75) is 6.42 Å². The van der Waals surface area contributed by atoms with Crippen LogP contribution in [0.25, 0.3) is 0 Å². The first-order chi connectivity index (χ1) is 8.61. The molecule has 96 valence electrons. The number of nitrogens with one attached hydrogen (secondary N) is 2. The first kappa shape index (κ1) is 14.3. The van der Waals surface area contributed by atoms with E-state index < -0.39 is 0 Å². The molecule has 0 saturated carbocycles. The summed E-state index contributed by atoms with van der Waals surface area (Å²) in [6.07, 6.45) is 1.80. The maximum Gasteiger partial charge on any atom is 0.239 e. The molecule has 2 amide bonds. The van der Waals surface area contributed by atoms with Crippen molar-refractivity contribution in [1.82, 2.24) is 10.6 Å². The topological polar surface area (TPSA) is 58.2 Å². The lowest BCUT2D eigenvalue weighted by Crippen LogP contribution is -2.37. The second kappa shape index (κ2) is 7.50. The van der Waals surface area contributed by atoms with E-state index in [1.165, 1.54) is 0 Å². The summed E-state index contributed by atoms with van der Waals surface area (Å²) in [6, 6.07) is 7.00. The number of benzene rings is 1. The van der Waals surface area contributed by atoms with E-state index in [4.69, 9.17) is 11.6 Å². The van der Waals surface area contributed by atoms with Crippen molar-refractivity contribution in [3.63, 3.8) is 0 Å². The third-order valence-corrected chi connectivity index (χ3v) is 2.42. The molecule has 0 bridgehead atoms. The van der Waals surface area contributed by atoms with Gasteiger partial charge in [0.15, 0.2) is 0 Å². The molecule has 0 aliphatic carbocycles. The summed E-state index contributed by atoms with van der Waals surface area (Å²) in [6.45, 7) is 3.85. The van der Waals surface area contributed by atoms with Crippen LogP contribution in [0.5, 0.6) is 0 Å². The standard InChI is InChI=1S/C13H15ClN2O2/c1-2-7-15-13(18)9-16-12(17)8-10-3-5-11(14)6-4-10/h2-6H,1,7-9H2,(H,15,18)(H,16,17). The highest BCUT2D eigenvalue weighted by Gasteiger charge is 2.05. The molecule has 0 unspecified atom stereocenters. The molecule has 5 heteroatoms. The average molecular weight is 267 g/mol. The smallest absolute Gasteiger partial charge is 0.239 e. The molecule has 1 aromatic carbocycles. The van der Waals surface area contributed by atoms with Gasteiger partial charge in [0.05, 0.1) is 13.0 Å². The van der Waals surface area contributed by atoms with E-state index in [0.29, 0.717) is 11.6 Å². The molecule has 0 heterocycles. The number of carbonyl (C=O) groups excluding carboxylic acids is 2. The minimum Gasteiger partial charge on any atom is -0.351 e. The SMILES string of the molecule is C=CCNC(=O)CNC(=O)Cc1ccc(Cl)cc1. The zero-order chi connectivity index (χ0) is 13.4. The van der Waals surface area contributed by atoms with Crippen LogP contribution in [-0.2, 0) is 16.0 Å². The molecular weight excluding hydrogens is 252 g/mol. The van der Waals surface area contributed by atoms with Gasteiger partial charge in [-0.1, -0.05) is 29.8 Å². The molecule has 0 aliphatic heterocycles.